The Morgan fingerprint density at radius 2 is 0.478 bits per heavy atom. The Bertz CT molecular complexity index is 4290. The standard InChI is InChI=1S/C60H12F22N8/c61-43-25(13-87)44(62)52(70)39(51(43)69)37(40-53(71)45(63)26(14-88)46(64)54(40)72)35-29(17-1-5-19(6-2-17)59(77,78)79)21(9-83)31-23(11-85)34-32(24(12-86)33(31)35)22(10-84)30(18-3-7-20(8-4-18)60(80,81)82)36(34)38(41-55(73)47(65)27(15-89)48(66)56(41)74)42-57(75)49(67)28(16-90)50(68)58(42)76/h1-8,35-38H. The number of nitriles is 8. The molecule has 0 spiro atoms. The molecule has 9 rings (SSSR count). The third-order valence-corrected chi connectivity index (χ3v) is 14.9. The zero-order valence-electron chi connectivity index (χ0n) is 42.8. The van der Waals surface area contributed by atoms with Crippen molar-refractivity contribution in [2.24, 2.45) is 0 Å². The van der Waals surface area contributed by atoms with Crippen molar-refractivity contribution in [1.82, 2.24) is 0 Å². The van der Waals surface area contributed by atoms with Crippen LogP contribution in [0.25, 0.3) is 22.3 Å². The van der Waals surface area contributed by atoms with Gasteiger partial charge in [-0.2, -0.15) is 68.4 Å². The average Bonchev–Trinajstić information content (AvgIpc) is 1.50. The van der Waals surface area contributed by atoms with E-state index in [0.29, 0.717) is 24.3 Å². The van der Waals surface area contributed by atoms with Crippen molar-refractivity contribution < 1.29 is 96.6 Å². The number of fused-ring (bicyclic) bond motifs is 2. The van der Waals surface area contributed by atoms with Gasteiger partial charge in [-0.15, -0.1) is 0 Å². The van der Waals surface area contributed by atoms with Gasteiger partial charge in [0.05, 0.1) is 33.4 Å². The summed E-state index contributed by atoms with van der Waals surface area (Å²) >= 11 is 0. The highest BCUT2D eigenvalue weighted by Gasteiger charge is 2.54. The van der Waals surface area contributed by atoms with E-state index in [9.17, 15) is 68.4 Å². The molecular formula is C60H12F22N8. The van der Waals surface area contributed by atoms with Crippen LogP contribution in [0.5, 0.6) is 0 Å². The third kappa shape index (κ3) is 8.94. The van der Waals surface area contributed by atoms with Crippen molar-refractivity contribution in [1.29, 1.82) is 42.1 Å². The highest BCUT2D eigenvalue weighted by atomic mass is 19.4. The maximum absolute atomic E-state index is 17.0. The van der Waals surface area contributed by atoms with Crippen LogP contribution in [0.15, 0.2) is 48.5 Å². The van der Waals surface area contributed by atoms with E-state index in [4.69, 9.17) is 0 Å². The van der Waals surface area contributed by atoms with Gasteiger partial charge in [0.2, 0.25) is 0 Å². The van der Waals surface area contributed by atoms with Crippen LogP contribution >= 0.6 is 0 Å². The van der Waals surface area contributed by atoms with Crippen molar-refractivity contribution >= 4 is 22.3 Å². The first kappa shape index (κ1) is 62.9. The number of nitrogens with zero attached hydrogens (tertiary/aromatic N) is 8. The van der Waals surface area contributed by atoms with Crippen molar-refractivity contribution in [3.05, 3.63) is 242 Å². The maximum Gasteiger partial charge on any atom is 0.416 e. The molecule has 90 heavy (non-hydrogen) atoms. The average molecular weight is 1260 g/mol. The number of allylic oxidation sites excluding steroid dienone is 4. The monoisotopic (exact) mass is 1260 g/mol. The Morgan fingerprint density at radius 3 is 0.644 bits per heavy atom. The van der Waals surface area contributed by atoms with E-state index in [1.807, 2.05) is 0 Å². The molecule has 30 heteroatoms. The number of hydrogen-bond acceptors (Lipinski definition) is 8. The quantitative estimate of drug-likeness (QED) is 0.106. The lowest BCUT2D eigenvalue weighted by Gasteiger charge is -2.32. The van der Waals surface area contributed by atoms with Crippen LogP contribution in [0.2, 0.25) is 0 Å². The Hall–Kier alpha value is -11.6. The minimum absolute atomic E-state index is 0.0958. The van der Waals surface area contributed by atoms with Crippen LogP contribution in [0.1, 0.15) is 124 Å². The number of rotatable bonds is 8. The van der Waals surface area contributed by atoms with Gasteiger partial charge < -0.3 is 0 Å². The molecule has 0 heterocycles. The SMILES string of the molecule is N#CC1=C(c2ccc(C(F)(F)F)cc2)C(C(c2c(F)c(F)c(C#N)c(F)c2F)c2c(F)c(F)c(C#N)c(F)c2F)c2c(C#N)c3c(c(C#N)c21)C(C(c1c(F)c(F)c(C#N)c(F)c1F)c1c(F)c(F)c(C#N)c(F)c1F)C(c1ccc(C(F)(F)F)cc1)=C3C#N. The highest BCUT2D eigenvalue weighted by molar-refractivity contribution is 6.13. The molecule has 0 amide bonds. The summed E-state index contributed by atoms with van der Waals surface area (Å²) in [7, 11) is 0. The van der Waals surface area contributed by atoms with E-state index in [0.717, 1.165) is 0 Å². The van der Waals surface area contributed by atoms with Gasteiger partial charge in [0.25, 0.3) is 0 Å². The lowest BCUT2D eigenvalue weighted by Crippen LogP contribution is -2.25. The first-order valence-corrected chi connectivity index (χ1v) is 24.1. The predicted octanol–water partition coefficient (Wildman–Crippen LogP) is 15.9. The minimum Gasteiger partial charge on any atom is -0.203 e. The molecule has 2 unspecified atom stereocenters. The molecule has 0 radical (unpaired) electrons. The van der Waals surface area contributed by atoms with Crippen LogP contribution in [0, 0.1) is 184 Å². The van der Waals surface area contributed by atoms with Crippen molar-refractivity contribution in [3.63, 3.8) is 0 Å². The third-order valence-electron chi connectivity index (χ3n) is 14.9. The molecule has 7 aromatic carbocycles. The smallest absolute Gasteiger partial charge is 0.203 e. The summed E-state index contributed by atoms with van der Waals surface area (Å²) in [6, 6.07) is 9.36. The van der Waals surface area contributed by atoms with E-state index in [1.165, 1.54) is 24.3 Å². The number of benzene rings is 7. The Balaban J connectivity index is 1.63. The fourth-order valence-corrected chi connectivity index (χ4v) is 11.3. The molecule has 7 aromatic rings. The van der Waals surface area contributed by atoms with Gasteiger partial charge in [0.15, 0.2) is 93.1 Å². The number of alkyl halides is 6. The molecule has 0 saturated carbocycles. The van der Waals surface area contributed by atoms with Gasteiger partial charge in [-0.3, -0.25) is 0 Å². The van der Waals surface area contributed by atoms with E-state index in [2.05, 4.69) is 0 Å². The van der Waals surface area contributed by atoms with Gasteiger partial charge in [-0.05, 0) is 57.7 Å². The summed E-state index contributed by atoms with van der Waals surface area (Å²) in [5.41, 5.74) is -40.5. The molecule has 0 saturated heterocycles. The Kier molecular flexibility index (Phi) is 15.6. The zero-order chi connectivity index (χ0) is 66.6. The Labute approximate surface area is 486 Å². The molecule has 446 valence electrons. The minimum atomic E-state index is -5.36. The van der Waals surface area contributed by atoms with E-state index < -0.39 is 252 Å². The van der Waals surface area contributed by atoms with Gasteiger partial charge in [-0.25, -0.2) is 70.2 Å². The van der Waals surface area contributed by atoms with Crippen LogP contribution in [0.3, 0.4) is 0 Å². The molecule has 0 N–H and O–H groups in total. The van der Waals surface area contributed by atoms with Crippen molar-refractivity contribution in [2.45, 2.75) is 36.0 Å². The van der Waals surface area contributed by atoms with Crippen LogP contribution in [-0.4, -0.2) is 0 Å². The number of hydrogen-bond donors (Lipinski definition) is 0. The second-order valence-corrected chi connectivity index (χ2v) is 19.0. The topological polar surface area (TPSA) is 190 Å². The lowest BCUT2D eigenvalue weighted by atomic mass is 9.69. The summed E-state index contributed by atoms with van der Waals surface area (Å²) in [6.07, 6.45) is -10.7. The fraction of sp³-hybridized carbons (Fsp3) is 0.100. The summed E-state index contributed by atoms with van der Waals surface area (Å²) < 4.78 is 350. The summed E-state index contributed by atoms with van der Waals surface area (Å²) in [5.74, 6) is -61.1. The molecule has 2 aliphatic rings. The van der Waals surface area contributed by atoms with Gasteiger partial charge in [-0.1, -0.05) is 24.3 Å². The summed E-state index contributed by atoms with van der Waals surface area (Å²) in [6.45, 7) is 0. The summed E-state index contributed by atoms with van der Waals surface area (Å²) in [4.78, 5) is 0. The van der Waals surface area contributed by atoms with Gasteiger partial charge in [0.1, 0.15) is 70.8 Å². The molecule has 2 aliphatic carbocycles. The second-order valence-electron chi connectivity index (χ2n) is 19.0. The first-order chi connectivity index (χ1) is 42.3. The van der Waals surface area contributed by atoms with Crippen molar-refractivity contribution in [3.8, 4) is 48.6 Å². The van der Waals surface area contributed by atoms with E-state index in [-0.39, 0.29) is 48.5 Å². The maximum atomic E-state index is 17.0. The van der Waals surface area contributed by atoms with E-state index >= 15 is 70.2 Å². The van der Waals surface area contributed by atoms with Crippen LogP contribution < -0.4 is 0 Å². The number of halogens is 22. The lowest BCUT2D eigenvalue weighted by molar-refractivity contribution is -0.138. The molecule has 8 nitrogen and oxygen atoms in total. The highest BCUT2D eigenvalue weighted by Crippen LogP contribution is 2.65. The normalized spacial score (nSPS) is 14.4. The fourth-order valence-electron chi connectivity index (χ4n) is 11.3. The van der Waals surface area contributed by atoms with Crippen LogP contribution in [0.4, 0.5) is 96.6 Å². The van der Waals surface area contributed by atoms with Crippen LogP contribution in [-0.2, 0) is 12.4 Å². The van der Waals surface area contributed by atoms with Crippen molar-refractivity contribution in [2.75, 3.05) is 0 Å². The predicted molar refractivity (Wildman–Crippen MR) is 257 cm³/mol. The van der Waals surface area contributed by atoms with Gasteiger partial charge in [0, 0.05) is 57.1 Å². The molecular weight excluding hydrogens is 1250 g/mol. The van der Waals surface area contributed by atoms with Gasteiger partial charge >= 0.3 is 12.4 Å². The Morgan fingerprint density at radius 1 is 0.278 bits per heavy atom. The molecule has 0 bridgehead atoms. The van der Waals surface area contributed by atoms with E-state index in [1.54, 1.807) is 0 Å². The molecule has 0 aromatic heterocycles. The second kappa shape index (κ2) is 22.3. The first-order valence-electron chi connectivity index (χ1n) is 24.1. The molecule has 2 atom stereocenters. The molecule has 0 aliphatic heterocycles. The largest absolute Gasteiger partial charge is 0.416 e. The molecule has 0 fully saturated rings. The zero-order valence-corrected chi connectivity index (χ0v) is 42.8. The summed E-state index contributed by atoms with van der Waals surface area (Å²) in [5, 5.41) is 83.6.